The molecule has 1 amide bonds. The minimum Gasteiger partial charge on any atom is -0.493 e. The molecule has 0 aliphatic heterocycles. The van der Waals surface area contributed by atoms with E-state index in [-0.39, 0.29) is 5.91 Å². The highest BCUT2D eigenvalue weighted by atomic mass is 32.1. The van der Waals surface area contributed by atoms with E-state index in [9.17, 15) is 4.79 Å². The maximum atomic E-state index is 12.7. The zero-order valence-corrected chi connectivity index (χ0v) is 16.5. The molecule has 4 nitrogen and oxygen atoms in total. The number of carbonyl (C=O) groups is 1. The molecule has 0 aliphatic carbocycles. The lowest BCUT2D eigenvalue weighted by Gasteiger charge is -2.10. The van der Waals surface area contributed by atoms with E-state index in [1.54, 1.807) is 6.07 Å². The van der Waals surface area contributed by atoms with E-state index >= 15 is 0 Å². The molecule has 1 aromatic heterocycles. The number of para-hydroxylation sites is 1. The van der Waals surface area contributed by atoms with Crippen LogP contribution < -0.4 is 10.1 Å². The Morgan fingerprint density at radius 1 is 1.19 bits per heavy atom. The largest absolute Gasteiger partial charge is 0.493 e. The highest BCUT2D eigenvalue weighted by molar-refractivity contribution is 7.15. The summed E-state index contributed by atoms with van der Waals surface area (Å²) in [5.41, 5.74) is 3.01. The summed E-state index contributed by atoms with van der Waals surface area (Å²) in [6.45, 7) is 4.80. The summed E-state index contributed by atoms with van der Waals surface area (Å²) in [6, 6.07) is 15.7. The second-order valence-electron chi connectivity index (χ2n) is 6.45. The first-order chi connectivity index (χ1) is 13.2. The molecule has 1 N–H and O–H groups in total. The normalized spacial score (nSPS) is 10.6. The number of thiazole rings is 1. The van der Waals surface area contributed by atoms with Gasteiger partial charge in [0.05, 0.1) is 12.2 Å². The van der Waals surface area contributed by atoms with Gasteiger partial charge in [0.15, 0.2) is 5.13 Å². The molecule has 0 bridgehead atoms. The van der Waals surface area contributed by atoms with Crippen LogP contribution in [0.2, 0.25) is 0 Å². The van der Waals surface area contributed by atoms with E-state index in [4.69, 9.17) is 4.74 Å². The lowest BCUT2D eigenvalue weighted by molar-refractivity contribution is 0.102. The number of rotatable bonds is 8. The molecule has 0 aliphatic rings. The van der Waals surface area contributed by atoms with Gasteiger partial charge in [-0.25, -0.2) is 4.98 Å². The Balaban J connectivity index is 1.66. The van der Waals surface area contributed by atoms with E-state index in [1.165, 1.54) is 22.5 Å². The number of anilines is 1. The smallest absolute Gasteiger partial charge is 0.261 e. The van der Waals surface area contributed by atoms with Crippen molar-refractivity contribution in [2.24, 2.45) is 0 Å². The van der Waals surface area contributed by atoms with Crippen molar-refractivity contribution >= 4 is 22.4 Å². The summed E-state index contributed by atoms with van der Waals surface area (Å²) in [6.07, 6.45) is 4.65. The van der Waals surface area contributed by atoms with Gasteiger partial charge in [0, 0.05) is 17.5 Å². The lowest BCUT2D eigenvalue weighted by atomic mass is 10.1. The fourth-order valence-electron chi connectivity index (χ4n) is 2.74. The van der Waals surface area contributed by atoms with Gasteiger partial charge in [-0.3, -0.25) is 10.1 Å². The molecule has 3 aromatic rings. The average molecular weight is 381 g/mol. The fraction of sp³-hybridized carbons (Fsp3) is 0.273. The van der Waals surface area contributed by atoms with Crippen LogP contribution in [0.25, 0.3) is 0 Å². The first kappa shape index (κ1) is 19.1. The van der Waals surface area contributed by atoms with Crippen LogP contribution in [0.5, 0.6) is 5.75 Å². The summed E-state index contributed by atoms with van der Waals surface area (Å²) in [7, 11) is 0. The monoisotopic (exact) mass is 380 g/mol. The Hall–Kier alpha value is -2.66. The van der Waals surface area contributed by atoms with E-state index in [2.05, 4.69) is 48.4 Å². The molecule has 0 radical (unpaired) electrons. The number of carbonyl (C=O) groups excluding carboxylic acids is 1. The van der Waals surface area contributed by atoms with Crippen molar-refractivity contribution in [3.8, 4) is 5.75 Å². The maximum Gasteiger partial charge on any atom is 0.261 e. The first-order valence-electron chi connectivity index (χ1n) is 9.19. The third-order valence-electron chi connectivity index (χ3n) is 4.12. The van der Waals surface area contributed by atoms with E-state index in [1.807, 2.05) is 24.4 Å². The summed E-state index contributed by atoms with van der Waals surface area (Å²) >= 11 is 1.50. The van der Waals surface area contributed by atoms with Crippen LogP contribution in [0.4, 0.5) is 5.13 Å². The number of hydrogen-bond acceptors (Lipinski definition) is 4. The zero-order valence-electron chi connectivity index (χ0n) is 15.7. The number of nitrogens with zero attached hydrogens (tertiary/aromatic N) is 1. The van der Waals surface area contributed by atoms with Crippen molar-refractivity contribution in [3.63, 3.8) is 0 Å². The second-order valence-corrected chi connectivity index (χ2v) is 7.57. The van der Waals surface area contributed by atoms with Crippen LogP contribution in [0.15, 0.2) is 54.7 Å². The van der Waals surface area contributed by atoms with Crippen LogP contribution in [0.3, 0.4) is 0 Å². The predicted molar refractivity (Wildman–Crippen MR) is 111 cm³/mol. The predicted octanol–water partition coefficient (Wildman–Crippen LogP) is 5.47. The van der Waals surface area contributed by atoms with Gasteiger partial charge in [-0.15, -0.1) is 11.3 Å². The minimum absolute atomic E-state index is 0.196. The number of aryl methyl sites for hydroxylation is 1. The third kappa shape index (κ3) is 5.41. The molecule has 0 unspecified atom stereocenters. The standard InChI is InChI=1S/C22H24N2O2S/c1-3-4-12-26-20-11-6-5-10-19(20)21(25)24-22-23-15-18(27-22)14-17-9-7-8-16(2)13-17/h5-11,13,15H,3-4,12,14H2,1-2H3,(H,23,24,25). The number of benzene rings is 2. The summed E-state index contributed by atoms with van der Waals surface area (Å²) < 4.78 is 5.75. The van der Waals surface area contributed by atoms with E-state index in [0.717, 1.165) is 24.1 Å². The SMILES string of the molecule is CCCCOc1ccccc1C(=O)Nc1ncc(Cc2cccc(C)c2)s1. The Kier molecular flexibility index (Phi) is 6.60. The molecule has 2 aromatic carbocycles. The Labute approximate surface area is 164 Å². The van der Waals surface area contributed by atoms with Crippen LogP contribution in [-0.4, -0.2) is 17.5 Å². The van der Waals surface area contributed by atoms with Crippen molar-refractivity contribution in [2.75, 3.05) is 11.9 Å². The highest BCUT2D eigenvalue weighted by Crippen LogP contribution is 2.24. The molecule has 5 heteroatoms. The van der Waals surface area contributed by atoms with Gasteiger partial charge >= 0.3 is 0 Å². The molecular weight excluding hydrogens is 356 g/mol. The van der Waals surface area contributed by atoms with Gasteiger partial charge in [-0.2, -0.15) is 0 Å². The van der Waals surface area contributed by atoms with Crippen molar-refractivity contribution in [1.29, 1.82) is 0 Å². The quantitative estimate of drug-likeness (QED) is 0.527. The average Bonchev–Trinajstić information content (AvgIpc) is 3.09. The summed E-state index contributed by atoms with van der Waals surface area (Å²) in [4.78, 5) is 18.1. The fourth-order valence-corrected chi connectivity index (χ4v) is 3.58. The zero-order chi connectivity index (χ0) is 19.1. The topological polar surface area (TPSA) is 51.2 Å². The Bertz CT molecular complexity index is 905. The molecule has 0 spiro atoms. The van der Waals surface area contributed by atoms with E-state index < -0.39 is 0 Å². The first-order valence-corrected chi connectivity index (χ1v) is 10.0. The number of unbranched alkanes of at least 4 members (excludes halogenated alkanes) is 1. The Morgan fingerprint density at radius 2 is 2.04 bits per heavy atom. The van der Waals surface area contributed by atoms with Crippen molar-refractivity contribution in [2.45, 2.75) is 33.1 Å². The molecule has 0 atom stereocenters. The molecule has 0 saturated carbocycles. The van der Waals surface area contributed by atoms with Crippen molar-refractivity contribution in [1.82, 2.24) is 4.98 Å². The van der Waals surface area contributed by atoms with Gasteiger partial charge < -0.3 is 4.74 Å². The van der Waals surface area contributed by atoms with Gasteiger partial charge in [-0.05, 0) is 31.0 Å². The molecule has 1 heterocycles. The minimum atomic E-state index is -0.196. The molecule has 0 fully saturated rings. The number of amides is 1. The van der Waals surface area contributed by atoms with Crippen LogP contribution in [-0.2, 0) is 6.42 Å². The molecular formula is C22H24N2O2S. The van der Waals surface area contributed by atoms with Crippen LogP contribution in [0, 0.1) is 6.92 Å². The third-order valence-corrected chi connectivity index (χ3v) is 5.03. The maximum absolute atomic E-state index is 12.7. The van der Waals surface area contributed by atoms with Gasteiger partial charge in [0.2, 0.25) is 0 Å². The molecule has 3 rings (SSSR count). The van der Waals surface area contributed by atoms with Gasteiger partial charge in [-0.1, -0.05) is 55.3 Å². The van der Waals surface area contributed by atoms with Crippen LogP contribution >= 0.6 is 11.3 Å². The van der Waals surface area contributed by atoms with Crippen LogP contribution in [0.1, 0.15) is 46.1 Å². The summed E-state index contributed by atoms with van der Waals surface area (Å²) in [5, 5.41) is 3.50. The van der Waals surface area contributed by atoms with Gasteiger partial charge in [0.1, 0.15) is 5.75 Å². The molecule has 140 valence electrons. The van der Waals surface area contributed by atoms with Crippen molar-refractivity contribution in [3.05, 3.63) is 76.3 Å². The number of aromatic nitrogens is 1. The number of nitrogens with one attached hydrogen (secondary N) is 1. The summed E-state index contributed by atoms with van der Waals surface area (Å²) in [5.74, 6) is 0.415. The number of ether oxygens (including phenoxy) is 1. The van der Waals surface area contributed by atoms with Crippen molar-refractivity contribution < 1.29 is 9.53 Å². The highest BCUT2D eigenvalue weighted by Gasteiger charge is 2.14. The number of hydrogen-bond donors (Lipinski definition) is 1. The lowest BCUT2D eigenvalue weighted by Crippen LogP contribution is -2.13. The Morgan fingerprint density at radius 3 is 2.85 bits per heavy atom. The molecule has 0 saturated heterocycles. The molecule has 27 heavy (non-hydrogen) atoms. The second kappa shape index (κ2) is 9.33. The van der Waals surface area contributed by atoms with Gasteiger partial charge in [0.25, 0.3) is 5.91 Å². The van der Waals surface area contributed by atoms with E-state index in [0.29, 0.717) is 23.1 Å².